The minimum atomic E-state index is -0.441. The summed E-state index contributed by atoms with van der Waals surface area (Å²) in [5.41, 5.74) is 2.32. The summed E-state index contributed by atoms with van der Waals surface area (Å²) in [5.74, 6) is 0. The number of hydrogen-bond donors (Lipinski definition) is 2. The van der Waals surface area contributed by atoms with Gasteiger partial charge in [0.2, 0.25) is 0 Å². The van der Waals surface area contributed by atoms with Gasteiger partial charge in [-0.05, 0) is 23.8 Å². The second-order valence-corrected chi connectivity index (χ2v) is 4.47. The van der Waals surface area contributed by atoms with Crippen molar-refractivity contribution in [3.05, 3.63) is 60.2 Å². The molecule has 0 saturated heterocycles. The normalized spacial score (nSPS) is 13.4. The Balaban J connectivity index is 1.78. The zero-order valence-electron chi connectivity index (χ0n) is 10.7. The standard InChI is InChI=1S/C15H13N3O2/c19-14(16-12-7-2-1-3-8-12)18-10-11-6-4-5-9-13(11)17-15(18)20/h1-9H,10H2,(H,16,19)(H,17,20). The third kappa shape index (κ3) is 2.33. The zero-order chi connectivity index (χ0) is 13.9. The Morgan fingerprint density at radius 2 is 1.75 bits per heavy atom. The predicted molar refractivity (Wildman–Crippen MR) is 76.5 cm³/mol. The highest BCUT2D eigenvalue weighted by Gasteiger charge is 2.27. The van der Waals surface area contributed by atoms with E-state index in [1.165, 1.54) is 0 Å². The van der Waals surface area contributed by atoms with Crippen molar-refractivity contribution in [2.45, 2.75) is 6.54 Å². The molecule has 5 nitrogen and oxygen atoms in total. The Hall–Kier alpha value is -2.82. The van der Waals surface area contributed by atoms with Crippen LogP contribution in [0.25, 0.3) is 0 Å². The van der Waals surface area contributed by atoms with E-state index in [-0.39, 0.29) is 6.54 Å². The lowest BCUT2D eigenvalue weighted by atomic mass is 10.1. The van der Waals surface area contributed by atoms with Gasteiger partial charge in [0, 0.05) is 11.4 Å². The molecule has 0 bridgehead atoms. The number of anilines is 2. The van der Waals surface area contributed by atoms with E-state index in [1.807, 2.05) is 42.5 Å². The van der Waals surface area contributed by atoms with Crippen LogP contribution in [0.3, 0.4) is 0 Å². The van der Waals surface area contributed by atoms with Gasteiger partial charge in [0.05, 0.1) is 6.54 Å². The van der Waals surface area contributed by atoms with Crippen LogP contribution < -0.4 is 10.6 Å². The lowest BCUT2D eigenvalue weighted by Gasteiger charge is -2.27. The number of carbonyl (C=O) groups is 2. The number of carbonyl (C=O) groups excluding carboxylic acids is 2. The number of nitrogens with zero attached hydrogens (tertiary/aromatic N) is 1. The number of imide groups is 1. The van der Waals surface area contributed by atoms with Gasteiger partial charge in [-0.15, -0.1) is 0 Å². The molecule has 0 aliphatic carbocycles. The van der Waals surface area contributed by atoms with Crippen LogP contribution in [0.1, 0.15) is 5.56 Å². The monoisotopic (exact) mass is 267 g/mol. The van der Waals surface area contributed by atoms with E-state index >= 15 is 0 Å². The number of rotatable bonds is 1. The molecule has 0 radical (unpaired) electrons. The maximum Gasteiger partial charge on any atom is 0.330 e. The average Bonchev–Trinajstić information content (AvgIpc) is 2.47. The van der Waals surface area contributed by atoms with Crippen molar-refractivity contribution in [1.82, 2.24) is 4.90 Å². The minimum absolute atomic E-state index is 0.265. The molecule has 0 unspecified atom stereocenters. The lowest BCUT2D eigenvalue weighted by Crippen LogP contribution is -2.44. The van der Waals surface area contributed by atoms with Gasteiger partial charge in [0.25, 0.3) is 0 Å². The molecule has 2 aromatic carbocycles. The van der Waals surface area contributed by atoms with Crippen molar-refractivity contribution in [3.8, 4) is 0 Å². The first kappa shape index (κ1) is 12.2. The quantitative estimate of drug-likeness (QED) is 0.833. The smallest absolute Gasteiger partial charge is 0.307 e. The fourth-order valence-electron chi connectivity index (χ4n) is 2.08. The molecule has 4 amide bonds. The first-order valence-electron chi connectivity index (χ1n) is 6.26. The molecular formula is C15H13N3O2. The number of nitrogens with one attached hydrogen (secondary N) is 2. The summed E-state index contributed by atoms with van der Waals surface area (Å²) in [4.78, 5) is 25.2. The maximum absolute atomic E-state index is 12.1. The van der Waals surface area contributed by atoms with Gasteiger partial charge in [-0.3, -0.25) is 0 Å². The van der Waals surface area contributed by atoms with Gasteiger partial charge in [-0.2, -0.15) is 0 Å². The van der Waals surface area contributed by atoms with Gasteiger partial charge < -0.3 is 10.6 Å². The Kier molecular flexibility index (Phi) is 3.09. The molecule has 5 heteroatoms. The molecule has 0 saturated carbocycles. The van der Waals surface area contributed by atoms with Crippen molar-refractivity contribution in [2.75, 3.05) is 10.6 Å². The van der Waals surface area contributed by atoms with Crippen LogP contribution in [-0.4, -0.2) is 17.0 Å². The zero-order valence-corrected chi connectivity index (χ0v) is 10.7. The van der Waals surface area contributed by atoms with Crippen LogP contribution in [0.5, 0.6) is 0 Å². The number of hydrogen-bond acceptors (Lipinski definition) is 2. The third-order valence-electron chi connectivity index (χ3n) is 3.10. The highest BCUT2D eigenvalue weighted by atomic mass is 16.2. The molecule has 100 valence electrons. The molecule has 1 heterocycles. The second kappa shape index (κ2) is 5.05. The molecule has 0 aromatic heterocycles. The van der Waals surface area contributed by atoms with Gasteiger partial charge >= 0.3 is 12.1 Å². The number of benzene rings is 2. The summed E-state index contributed by atoms with van der Waals surface area (Å²) in [6.07, 6.45) is 0. The van der Waals surface area contributed by atoms with Crippen LogP contribution in [0.2, 0.25) is 0 Å². The molecule has 2 N–H and O–H groups in total. The first-order valence-corrected chi connectivity index (χ1v) is 6.26. The van der Waals surface area contributed by atoms with Gasteiger partial charge in [0.1, 0.15) is 0 Å². The molecular weight excluding hydrogens is 254 g/mol. The predicted octanol–water partition coefficient (Wildman–Crippen LogP) is 3.27. The summed E-state index contributed by atoms with van der Waals surface area (Å²) < 4.78 is 0. The summed E-state index contributed by atoms with van der Waals surface area (Å²) in [5, 5.41) is 5.40. The largest absolute Gasteiger partial charge is 0.330 e. The number of urea groups is 2. The highest BCUT2D eigenvalue weighted by Crippen LogP contribution is 2.23. The van der Waals surface area contributed by atoms with Crippen molar-refractivity contribution in [3.63, 3.8) is 0 Å². The Bertz CT molecular complexity index is 655. The van der Waals surface area contributed by atoms with Crippen LogP contribution in [0.4, 0.5) is 21.0 Å². The molecule has 0 atom stereocenters. The summed E-state index contributed by atoms with van der Waals surface area (Å²) in [6.45, 7) is 0.265. The van der Waals surface area contributed by atoms with Crippen LogP contribution in [-0.2, 0) is 6.54 Å². The SMILES string of the molecule is O=C(Nc1ccccc1)N1Cc2ccccc2NC1=O. The molecule has 0 fully saturated rings. The van der Waals surface area contributed by atoms with Gasteiger partial charge in [-0.25, -0.2) is 14.5 Å². The minimum Gasteiger partial charge on any atom is -0.307 e. The molecule has 0 spiro atoms. The Morgan fingerprint density at radius 1 is 1.05 bits per heavy atom. The number of fused-ring (bicyclic) bond motifs is 1. The van der Waals surface area contributed by atoms with E-state index in [9.17, 15) is 9.59 Å². The van der Waals surface area contributed by atoms with E-state index in [0.29, 0.717) is 5.69 Å². The summed E-state index contributed by atoms with van der Waals surface area (Å²) in [7, 11) is 0. The molecule has 1 aliphatic heterocycles. The van der Waals surface area contributed by atoms with E-state index in [1.54, 1.807) is 12.1 Å². The van der Waals surface area contributed by atoms with Crippen molar-refractivity contribution in [2.24, 2.45) is 0 Å². The fraction of sp³-hybridized carbons (Fsp3) is 0.0667. The molecule has 20 heavy (non-hydrogen) atoms. The fourth-order valence-corrected chi connectivity index (χ4v) is 2.08. The van der Waals surface area contributed by atoms with E-state index < -0.39 is 12.1 Å². The Labute approximate surface area is 116 Å². The molecule has 2 aromatic rings. The van der Waals surface area contributed by atoms with E-state index in [2.05, 4.69) is 10.6 Å². The lowest BCUT2D eigenvalue weighted by molar-refractivity contribution is 0.199. The summed E-state index contributed by atoms with van der Waals surface area (Å²) >= 11 is 0. The average molecular weight is 267 g/mol. The van der Waals surface area contributed by atoms with Gasteiger partial charge in [0.15, 0.2) is 0 Å². The van der Waals surface area contributed by atoms with E-state index in [4.69, 9.17) is 0 Å². The van der Waals surface area contributed by atoms with Crippen LogP contribution in [0, 0.1) is 0 Å². The van der Waals surface area contributed by atoms with Crippen LogP contribution >= 0.6 is 0 Å². The number of amides is 4. The van der Waals surface area contributed by atoms with E-state index in [0.717, 1.165) is 16.2 Å². The van der Waals surface area contributed by atoms with Crippen molar-refractivity contribution >= 4 is 23.4 Å². The summed E-state index contributed by atoms with van der Waals surface area (Å²) in [6, 6.07) is 15.6. The third-order valence-corrected chi connectivity index (χ3v) is 3.10. The molecule has 1 aliphatic rings. The van der Waals surface area contributed by atoms with Crippen LogP contribution in [0.15, 0.2) is 54.6 Å². The Morgan fingerprint density at radius 3 is 2.55 bits per heavy atom. The van der Waals surface area contributed by atoms with Crippen molar-refractivity contribution in [1.29, 1.82) is 0 Å². The topological polar surface area (TPSA) is 61.4 Å². The maximum atomic E-state index is 12.1. The highest BCUT2D eigenvalue weighted by molar-refractivity contribution is 6.06. The number of para-hydroxylation sites is 2. The first-order chi connectivity index (χ1) is 9.74. The van der Waals surface area contributed by atoms with Gasteiger partial charge in [-0.1, -0.05) is 36.4 Å². The van der Waals surface area contributed by atoms with Crippen molar-refractivity contribution < 1.29 is 9.59 Å². The molecule has 3 rings (SSSR count). The second-order valence-electron chi connectivity index (χ2n) is 4.47.